The van der Waals surface area contributed by atoms with Crippen LogP contribution in [0.1, 0.15) is 38.2 Å². The number of carbonyl (C=O) groups excluding carboxylic acids is 1. The summed E-state index contributed by atoms with van der Waals surface area (Å²) in [6.45, 7) is 5.43. The van der Waals surface area contributed by atoms with Gasteiger partial charge in [-0.1, -0.05) is 18.9 Å². The number of nitrogens with zero attached hydrogens (tertiary/aromatic N) is 1. The van der Waals surface area contributed by atoms with E-state index in [0.717, 1.165) is 31.5 Å². The molecule has 1 heterocycles. The minimum atomic E-state index is -0.325. The van der Waals surface area contributed by atoms with Gasteiger partial charge in [-0.25, -0.2) is 4.39 Å². The lowest BCUT2D eigenvalue weighted by Crippen LogP contribution is -2.42. The third-order valence-corrected chi connectivity index (χ3v) is 3.86. The molecule has 110 valence electrons. The summed E-state index contributed by atoms with van der Waals surface area (Å²) in [5, 5.41) is 3.14. The van der Waals surface area contributed by atoms with Crippen molar-refractivity contribution in [2.24, 2.45) is 0 Å². The predicted molar refractivity (Wildman–Crippen MR) is 79.3 cm³/mol. The monoisotopic (exact) mass is 278 g/mol. The highest BCUT2D eigenvalue weighted by molar-refractivity contribution is 5.84. The van der Waals surface area contributed by atoms with Crippen LogP contribution < -0.4 is 5.32 Å². The Labute approximate surface area is 120 Å². The number of halogens is 1. The SMILES string of the molecule is Cc1ccc(F)cc1NC(C)C(=O)N1CCCCCC1. The van der Waals surface area contributed by atoms with Crippen LogP contribution in [0.15, 0.2) is 18.2 Å². The van der Waals surface area contributed by atoms with E-state index in [4.69, 9.17) is 0 Å². The van der Waals surface area contributed by atoms with Gasteiger partial charge in [0.2, 0.25) is 5.91 Å². The van der Waals surface area contributed by atoms with Crippen LogP contribution in [0.5, 0.6) is 0 Å². The number of hydrogen-bond donors (Lipinski definition) is 1. The number of aryl methyl sites for hydroxylation is 1. The van der Waals surface area contributed by atoms with Crippen LogP contribution >= 0.6 is 0 Å². The second-order valence-corrected chi connectivity index (χ2v) is 5.56. The lowest BCUT2D eigenvalue weighted by Gasteiger charge is -2.25. The van der Waals surface area contributed by atoms with Gasteiger partial charge >= 0.3 is 0 Å². The molecule has 1 N–H and O–H groups in total. The largest absolute Gasteiger partial charge is 0.374 e. The van der Waals surface area contributed by atoms with E-state index in [1.165, 1.54) is 25.0 Å². The summed E-state index contributed by atoms with van der Waals surface area (Å²) < 4.78 is 13.3. The van der Waals surface area contributed by atoms with E-state index in [1.54, 1.807) is 6.07 Å². The Balaban J connectivity index is 2.01. The van der Waals surface area contributed by atoms with Crippen LogP contribution in [0.25, 0.3) is 0 Å². The highest BCUT2D eigenvalue weighted by Gasteiger charge is 2.21. The number of amides is 1. The van der Waals surface area contributed by atoms with Gasteiger partial charge in [-0.15, -0.1) is 0 Å². The number of hydrogen-bond acceptors (Lipinski definition) is 2. The maximum Gasteiger partial charge on any atom is 0.244 e. The lowest BCUT2D eigenvalue weighted by atomic mass is 10.1. The van der Waals surface area contributed by atoms with E-state index >= 15 is 0 Å². The third-order valence-electron chi connectivity index (χ3n) is 3.86. The van der Waals surface area contributed by atoms with Gasteiger partial charge in [-0.05, 0) is 44.4 Å². The zero-order valence-electron chi connectivity index (χ0n) is 12.3. The molecule has 0 spiro atoms. The number of benzene rings is 1. The van der Waals surface area contributed by atoms with Crippen molar-refractivity contribution in [3.05, 3.63) is 29.6 Å². The molecule has 4 heteroatoms. The molecule has 0 aliphatic carbocycles. The van der Waals surface area contributed by atoms with Gasteiger partial charge < -0.3 is 10.2 Å². The van der Waals surface area contributed by atoms with Gasteiger partial charge in [-0.3, -0.25) is 4.79 Å². The van der Waals surface area contributed by atoms with Gasteiger partial charge in [-0.2, -0.15) is 0 Å². The first-order valence-electron chi connectivity index (χ1n) is 7.39. The topological polar surface area (TPSA) is 32.3 Å². The molecule has 2 rings (SSSR count). The van der Waals surface area contributed by atoms with Crippen LogP contribution in [0.4, 0.5) is 10.1 Å². The number of anilines is 1. The van der Waals surface area contributed by atoms with E-state index in [-0.39, 0.29) is 17.8 Å². The number of carbonyl (C=O) groups is 1. The molecule has 0 saturated carbocycles. The van der Waals surface area contributed by atoms with Crippen LogP contribution in [0.2, 0.25) is 0 Å². The van der Waals surface area contributed by atoms with Crippen molar-refractivity contribution in [1.29, 1.82) is 0 Å². The Morgan fingerprint density at radius 2 is 1.90 bits per heavy atom. The maximum absolute atomic E-state index is 13.3. The first kappa shape index (κ1) is 14.8. The van der Waals surface area contributed by atoms with Gasteiger partial charge in [0.1, 0.15) is 11.9 Å². The summed E-state index contributed by atoms with van der Waals surface area (Å²) in [5.74, 6) is -0.178. The lowest BCUT2D eigenvalue weighted by molar-refractivity contribution is -0.131. The quantitative estimate of drug-likeness (QED) is 0.919. The van der Waals surface area contributed by atoms with E-state index in [9.17, 15) is 9.18 Å². The van der Waals surface area contributed by atoms with Gasteiger partial charge in [0.05, 0.1) is 0 Å². The molecule has 1 atom stereocenters. The molecule has 20 heavy (non-hydrogen) atoms. The van der Waals surface area contributed by atoms with E-state index < -0.39 is 0 Å². The molecule has 1 amide bonds. The number of likely N-dealkylation sites (tertiary alicyclic amines) is 1. The number of rotatable bonds is 3. The standard InChI is InChI=1S/C16H23FN2O/c1-12-7-8-14(17)11-15(12)18-13(2)16(20)19-9-5-3-4-6-10-19/h7-8,11,13,18H,3-6,9-10H2,1-2H3. The van der Waals surface area contributed by atoms with Crippen molar-refractivity contribution < 1.29 is 9.18 Å². The zero-order chi connectivity index (χ0) is 14.5. The summed E-state index contributed by atoms with van der Waals surface area (Å²) in [6, 6.07) is 4.28. The van der Waals surface area contributed by atoms with Gasteiger partial charge in [0.25, 0.3) is 0 Å². The smallest absolute Gasteiger partial charge is 0.244 e. The van der Waals surface area contributed by atoms with Crippen molar-refractivity contribution in [2.45, 2.75) is 45.6 Å². The van der Waals surface area contributed by atoms with E-state index in [0.29, 0.717) is 5.69 Å². The molecule has 0 aromatic heterocycles. The van der Waals surface area contributed by atoms with Crippen molar-refractivity contribution >= 4 is 11.6 Å². The summed E-state index contributed by atoms with van der Waals surface area (Å²) >= 11 is 0. The molecule has 1 aliphatic rings. The molecular formula is C16H23FN2O. The highest BCUT2D eigenvalue weighted by atomic mass is 19.1. The predicted octanol–water partition coefficient (Wildman–Crippen LogP) is 3.34. The molecule has 1 aliphatic heterocycles. The second kappa shape index (κ2) is 6.73. The fraction of sp³-hybridized carbons (Fsp3) is 0.562. The molecule has 1 aromatic carbocycles. The van der Waals surface area contributed by atoms with Crippen LogP contribution in [0.3, 0.4) is 0 Å². The Bertz CT molecular complexity index is 468. The van der Waals surface area contributed by atoms with Crippen molar-refractivity contribution in [1.82, 2.24) is 4.90 Å². The molecule has 3 nitrogen and oxygen atoms in total. The maximum atomic E-state index is 13.3. The normalized spacial score (nSPS) is 17.4. The highest BCUT2D eigenvalue weighted by Crippen LogP contribution is 2.18. The Morgan fingerprint density at radius 3 is 2.55 bits per heavy atom. The molecule has 0 bridgehead atoms. The average Bonchev–Trinajstić information content (AvgIpc) is 2.71. The van der Waals surface area contributed by atoms with Crippen LogP contribution in [-0.4, -0.2) is 29.9 Å². The Hall–Kier alpha value is -1.58. The fourth-order valence-electron chi connectivity index (χ4n) is 2.61. The van der Waals surface area contributed by atoms with Crippen molar-refractivity contribution in [3.63, 3.8) is 0 Å². The van der Waals surface area contributed by atoms with E-state index in [1.807, 2.05) is 18.7 Å². The Kier molecular flexibility index (Phi) is 4.99. The van der Waals surface area contributed by atoms with Crippen LogP contribution in [-0.2, 0) is 4.79 Å². The summed E-state index contributed by atoms with van der Waals surface area (Å²) in [5.41, 5.74) is 1.64. The second-order valence-electron chi connectivity index (χ2n) is 5.56. The number of nitrogens with one attached hydrogen (secondary N) is 1. The summed E-state index contributed by atoms with van der Waals surface area (Å²) in [6.07, 6.45) is 4.57. The van der Waals surface area contributed by atoms with Crippen molar-refractivity contribution in [3.8, 4) is 0 Å². The minimum absolute atomic E-state index is 0.107. The molecule has 1 fully saturated rings. The molecule has 1 saturated heterocycles. The van der Waals surface area contributed by atoms with E-state index in [2.05, 4.69) is 5.32 Å². The zero-order valence-corrected chi connectivity index (χ0v) is 12.3. The fourth-order valence-corrected chi connectivity index (χ4v) is 2.61. The molecule has 1 unspecified atom stereocenters. The first-order valence-corrected chi connectivity index (χ1v) is 7.39. The first-order chi connectivity index (χ1) is 9.58. The Morgan fingerprint density at radius 1 is 1.25 bits per heavy atom. The van der Waals surface area contributed by atoms with Crippen molar-refractivity contribution in [2.75, 3.05) is 18.4 Å². The average molecular weight is 278 g/mol. The van der Waals surface area contributed by atoms with Crippen LogP contribution in [0, 0.1) is 12.7 Å². The van der Waals surface area contributed by atoms with Gasteiger partial charge in [0.15, 0.2) is 0 Å². The molecule has 0 radical (unpaired) electrons. The van der Waals surface area contributed by atoms with Gasteiger partial charge in [0, 0.05) is 18.8 Å². The summed E-state index contributed by atoms with van der Waals surface area (Å²) in [7, 11) is 0. The summed E-state index contributed by atoms with van der Waals surface area (Å²) in [4.78, 5) is 14.4. The third kappa shape index (κ3) is 3.71. The molecule has 1 aromatic rings. The minimum Gasteiger partial charge on any atom is -0.374 e. The molecular weight excluding hydrogens is 255 g/mol.